The predicted octanol–water partition coefficient (Wildman–Crippen LogP) is 5.02. The Bertz CT molecular complexity index is 930. The van der Waals surface area contributed by atoms with Gasteiger partial charge in [0.25, 0.3) is 5.91 Å². The van der Waals surface area contributed by atoms with Gasteiger partial charge in [-0.1, -0.05) is 73.0 Å². The summed E-state index contributed by atoms with van der Waals surface area (Å²) in [6.45, 7) is 2.32. The van der Waals surface area contributed by atoms with Crippen LogP contribution in [0.4, 0.5) is 0 Å². The van der Waals surface area contributed by atoms with Gasteiger partial charge in [-0.15, -0.1) is 0 Å². The van der Waals surface area contributed by atoms with Gasteiger partial charge < -0.3 is 9.42 Å². The molecule has 1 heterocycles. The molecule has 28 heavy (non-hydrogen) atoms. The molecule has 5 heteroatoms. The molecule has 0 unspecified atom stereocenters. The number of hydrogen-bond donors (Lipinski definition) is 0. The zero-order valence-electron chi connectivity index (χ0n) is 16.2. The molecule has 1 aromatic heterocycles. The normalized spacial score (nSPS) is 14.8. The fourth-order valence-corrected chi connectivity index (χ4v) is 3.90. The summed E-state index contributed by atoms with van der Waals surface area (Å²) in [4.78, 5) is 19.9. The number of carbonyl (C=O) groups excluding carboxylic acids is 1. The molecule has 1 aliphatic carbocycles. The number of aryl methyl sites for hydroxylation is 1. The van der Waals surface area contributed by atoms with Crippen molar-refractivity contribution in [2.45, 2.75) is 51.6 Å². The van der Waals surface area contributed by atoms with E-state index in [1.807, 2.05) is 66.4 Å². The second kappa shape index (κ2) is 8.38. The number of carbonyl (C=O) groups is 1. The van der Waals surface area contributed by atoms with Crippen LogP contribution in [0.3, 0.4) is 0 Å². The molecule has 0 atom stereocenters. The van der Waals surface area contributed by atoms with E-state index >= 15 is 0 Å². The lowest BCUT2D eigenvalue weighted by Crippen LogP contribution is -2.41. The standard InChI is InChI=1S/C23H25N3O2/c1-17-10-8-9-15-20(17)23(27)26(19-13-6-3-7-14-19)16-21-24-22(25-28-21)18-11-4-2-5-12-18/h2,4-5,8-12,15,19H,3,6-7,13-14,16H2,1H3. The Morgan fingerprint density at radius 1 is 1.04 bits per heavy atom. The molecule has 1 amide bonds. The van der Waals surface area contributed by atoms with Gasteiger partial charge in [0.1, 0.15) is 6.54 Å². The highest BCUT2D eigenvalue weighted by Gasteiger charge is 2.28. The fraction of sp³-hybridized carbons (Fsp3) is 0.348. The summed E-state index contributed by atoms with van der Waals surface area (Å²) < 4.78 is 5.50. The topological polar surface area (TPSA) is 59.2 Å². The first kappa shape index (κ1) is 18.4. The summed E-state index contributed by atoms with van der Waals surface area (Å²) in [6, 6.07) is 17.7. The lowest BCUT2D eigenvalue weighted by Gasteiger charge is -2.33. The number of rotatable bonds is 5. The summed E-state index contributed by atoms with van der Waals surface area (Å²) in [6.07, 6.45) is 5.60. The van der Waals surface area contributed by atoms with E-state index in [0.717, 1.165) is 42.4 Å². The monoisotopic (exact) mass is 375 g/mol. The molecular weight excluding hydrogens is 350 g/mol. The Hall–Kier alpha value is -2.95. The molecule has 0 spiro atoms. The number of benzene rings is 2. The van der Waals surface area contributed by atoms with Crippen LogP contribution in [0.2, 0.25) is 0 Å². The van der Waals surface area contributed by atoms with E-state index in [1.165, 1.54) is 6.42 Å². The van der Waals surface area contributed by atoms with Crippen LogP contribution in [0.15, 0.2) is 59.1 Å². The van der Waals surface area contributed by atoms with E-state index < -0.39 is 0 Å². The third kappa shape index (κ3) is 3.98. The predicted molar refractivity (Wildman–Crippen MR) is 108 cm³/mol. The molecule has 3 aromatic rings. The van der Waals surface area contributed by atoms with Crippen LogP contribution < -0.4 is 0 Å². The number of nitrogens with zero attached hydrogens (tertiary/aromatic N) is 3. The largest absolute Gasteiger partial charge is 0.337 e. The van der Waals surface area contributed by atoms with E-state index in [-0.39, 0.29) is 11.9 Å². The summed E-state index contributed by atoms with van der Waals surface area (Å²) in [7, 11) is 0. The number of aromatic nitrogens is 2. The number of hydrogen-bond acceptors (Lipinski definition) is 4. The highest BCUT2D eigenvalue weighted by atomic mass is 16.5. The van der Waals surface area contributed by atoms with Crippen LogP contribution >= 0.6 is 0 Å². The second-order valence-corrected chi connectivity index (χ2v) is 7.42. The van der Waals surface area contributed by atoms with Gasteiger partial charge >= 0.3 is 0 Å². The Kier molecular flexibility index (Phi) is 5.51. The second-order valence-electron chi connectivity index (χ2n) is 7.42. The third-order valence-corrected chi connectivity index (χ3v) is 5.46. The van der Waals surface area contributed by atoms with Crippen molar-refractivity contribution in [1.29, 1.82) is 0 Å². The maximum Gasteiger partial charge on any atom is 0.254 e. The molecule has 1 aliphatic rings. The van der Waals surface area contributed by atoms with Crippen LogP contribution in [0, 0.1) is 6.92 Å². The van der Waals surface area contributed by atoms with Gasteiger partial charge in [0.2, 0.25) is 11.7 Å². The van der Waals surface area contributed by atoms with Crippen molar-refractivity contribution in [2.24, 2.45) is 0 Å². The molecular formula is C23H25N3O2. The van der Waals surface area contributed by atoms with Crippen molar-refractivity contribution < 1.29 is 9.32 Å². The van der Waals surface area contributed by atoms with E-state index in [2.05, 4.69) is 10.1 Å². The summed E-state index contributed by atoms with van der Waals surface area (Å²) in [5, 5.41) is 4.11. The molecule has 2 aromatic carbocycles. The van der Waals surface area contributed by atoms with E-state index in [1.54, 1.807) is 0 Å². The van der Waals surface area contributed by atoms with E-state index in [9.17, 15) is 4.79 Å². The molecule has 0 radical (unpaired) electrons. The molecule has 0 aliphatic heterocycles. The van der Waals surface area contributed by atoms with Crippen LogP contribution in [0.25, 0.3) is 11.4 Å². The quantitative estimate of drug-likeness (QED) is 0.628. The summed E-state index contributed by atoms with van der Waals surface area (Å²) in [5.41, 5.74) is 2.65. The minimum Gasteiger partial charge on any atom is -0.337 e. The van der Waals surface area contributed by atoms with E-state index in [0.29, 0.717) is 18.3 Å². The van der Waals surface area contributed by atoms with Crippen molar-refractivity contribution in [1.82, 2.24) is 15.0 Å². The van der Waals surface area contributed by atoms with Gasteiger partial charge in [-0.05, 0) is 31.4 Å². The average molecular weight is 375 g/mol. The Morgan fingerprint density at radius 3 is 2.50 bits per heavy atom. The van der Waals surface area contributed by atoms with Gasteiger partial charge in [-0.3, -0.25) is 4.79 Å². The zero-order valence-corrected chi connectivity index (χ0v) is 16.2. The minimum absolute atomic E-state index is 0.0458. The molecule has 5 nitrogen and oxygen atoms in total. The Labute approximate surface area is 165 Å². The molecule has 1 fully saturated rings. The zero-order chi connectivity index (χ0) is 19.3. The molecule has 144 valence electrons. The first-order valence-corrected chi connectivity index (χ1v) is 9.97. The minimum atomic E-state index is 0.0458. The fourth-order valence-electron chi connectivity index (χ4n) is 3.90. The highest BCUT2D eigenvalue weighted by Crippen LogP contribution is 2.26. The average Bonchev–Trinajstić information content (AvgIpc) is 3.22. The van der Waals surface area contributed by atoms with Gasteiger partial charge in [-0.2, -0.15) is 4.98 Å². The molecule has 0 N–H and O–H groups in total. The molecule has 4 rings (SSSR count). The molecule has 1 saturated carbocycles. The SMILES string of the molecule is Cc1ccccc1C(=O)N(Cc1nc(-c2ccccc2)no1)C1CCCCC1. The molecule has 0 bridgehead atoms. The van der Waals surface area contributed by atoms with Gasteiger partial charge in [-0.25, -0.2) is 0 Å². The van der Waals surface area contributed by atoms with E-state index in [4.69, 9.17) is 4.52 Å². The Balaban J connectivity index is 1.60. The van der Waals surface area contributed by atoms with Crippen molar-refractivity contribution in [3.05, 3.63) is 71.6 Å². The van der Waals surface area contributed by atoms with Gasteiger partial charge in [0.05, 0.1) is 0 Å². The van der Waals surface area contributed by atoms with Crippen LogP contribution in [0.1, 0.15) is 53.9 Å². The Morgan fingerprint density at radius 2 is 1.75 bits per heavy atom. The van der Waals surface area contributed by atoms with Crippen LogP contribution in [-0.2, 0) is 6.54 Å². The lowest BCUT2D eigenvalue weighted by molar-refractivity contribution is 0.0585. The lowest BCUT2D eigenvalue weighted by atomic mass is 9.93. The smallest absolute Gasteiger partial charge is 0.254 e. The van der Waals surface area contributed by atoms with Crippen molar-refractivity contribution in [3.8, 4) is 11.4 Å². The first-order valence-electron chi connectivity index (χ1n) is 9.97. The van der Waals surface area contributed by atoms with Crippen molar-refractivity contribution in [2.75, 3.05) is 0 Å². The first-order chi connectivity index (χ1) is 13.7. The summed E-state index contributed by atoms with van der Waals surface area (Å²) >= 11 is 0. The highest BCUT2D eigenvalue weighted by molar-refractivity contribution is 5.95. The molecule has 0 saturated heterocycles. The maximum absolute atomic E-state index is 13.4. The maximum atomic E-state index is 13.4. The van der Waals surface area contributed by atoms with Crippen molar-refractivity contribution >= 4 is 5.91 Å². The summed E-state index contributed by atoms with van der Waals surface area (Å²) in [5.74, 6) is 1.08. The third-order valence-electron chi connectivity index (χ3n) is 5.46. The van der Waals surface area contributed by atoms with Crippen LogP contribution in [0.5, 0.6) is 0 Å². The number of amides is 1. The van der Waals surface area contributed by atoms with Crippen molar-refractivity contribution in [3.63, 3.8) is 0 Å². The van der Waals surface area contributed by atoms with Gasteiger partial charge in [0, 0.05) is 17.2 Å². The van der Waals surface area contributed by atoms with Gasteiger partial charge in [0.15, 0.2) is 0 Å². The van der Waals surface area contributed by atoms with Crippen LogP contribution in [-0.4, -0.2) is 27.0 Å².